The number of aromatic nitrogens is 2. The standard InChI is InChI=1S/C24H26N4O/c1-17(2)18-9-11-21(12-10-18)27-24(29)20-7-5-19(6-8-20)22-15-23(26-16-25-22)28-13-3-4-14-28/h5-12,15-17H,3-4,13-14H2,1-2H3,(H,27,29). The lowest BCUT2D eigenvalue weighted by molar-refractivity contribution is 0.102. The second-order valence-electron chi connectivity index (χ2n) is 7.76. The molecule has 1 N–H and O–H groups in total. The molecule has 0 bridgehead atoms. The molecule has 1 aliphatic heterocycles. The van der Waals surface area contributed by atoms with E-state index in [1.807, 2.05) is 42.5 Å². The van der Waals surface area contributed by atoms with Crippen molar-refractivity contribution in [2.24, 2.45) is 0 Å². The molecule has 0 spiro atoms. The van der Waals surface area contributed by atoms with Crippen molar-refractivity contribution >= 4 is 17.4 Å². The Labute approximate surface area is 171 Å². The summed E-state index contributed by atoms with van der Waals surface area (Å²) in [5, 5.41) is 2.96. The molecule has 0 aliphatic carbocycles. The summed E-state index contributed by atoms with van der Waals surface area (Å²) in [4.78, 5) is 23.7. The van der Waals surface area contributed by atoms with Crippen LogP contribution in [-0.4, -0.2) is 29.0 Å². The van der Waals surface area contributed by atoms with Gasteiger partial charge in [0.15, 0.2) is 0 Å². The Kier molecular flexibility index (Phi) is 5.56. The molecule has 5 nitrogen and oxygen atoms in total. The van der Waals surface area contributed by atoms with Crippen molar-refractivity contribution in [2.45, 2.75) is 32.6 Å². The van der Waals surface area contributed by atoms with Crippen LogP contribution in [0.1, 0.15) is 48.5 Å². The summed E-state index contributed by atoms with van der Waals surface area (Å²) in [6.45, 7) is 6.41. The minimum atomic E-state index is -0.116. The van der Waals surface area contributed by atoms with Crippen LogP contribution >= 0.6 is 0 Å². The SMILES string of the molecule is CC(C)c1ccc(NC(=O)c2ccc(-c3cc(N4CCCC4)ncn3)cc2)cc1. The first kappa shape index (κ1) is 19.1. The van der Waals surface area contributed by atoms with E-state index in [2.05, 4.69) is 46.2 Å². The molecule has 2 heterocycles. The summed E-state index contributed by atoms with van der Waals surface area (Å²) in [7, 11) is 0. The predicted octanol–water partition coefficient (Wildman–Crippen LogP) is 5.12. The molecule has 3 aromatic rings. The fourth-order valence-corrected chi connectivity index (χ4v) is 3.57. The topological polar surface area (TPSA) is 58.1 Å². The highest BCUT2D eigenvalue weighted by Crippen LogP contribution is 2.24. The first-order chi connectivity index (χ1) is 14.1. The summed E-state index contributed by atoms with van der Waals surface area (Å²) in [5.74, 6) is 1.33. The maximum atomic E-state index is 12.6. The normalized spacial score (nSPS) is 13.7. The summed E-state index contributed by atoms with van der Waals surface area (Å²) in [6, 6.07) is 17.6. The van der Waals surface area contributed by atoms with Crippen LogP contribution in [0.15, 0.2) is 60.9 Å². The fourth-order valence-electron chi connectivity index (χ4n) is 3.57. The largest absolute Gasteiger partial charge is 0.357 e. The van der Waals surface area contributed by atoms with E-state index in [1.165, 1.54) is 18.4 Å². The monoisotopic (exact) mass is 386 g/mol. The van der Waals surface area contributed by atoms with Crippen molar-refractivity contribution in [3.05, 3.63) is 72.1 Å². The highest BCUT2D eigenvalue weighted by Gasteiger charge is 2.15. The number of hydrogen-bond donors (Lipinski definition) is 1. The smallest absolute Gasteiger partial charge is 0.255 e. The molecule has 0 saturated carbocycles. The number of benzene rings is 2. The molecule has 1 amide bonds. The van der Waals surface area contributed by atoms with Gasteiger partial charge in [-0.25, -0.2) is 9.97 Å². The molecule has 1 fully saturated rings. The van der Waals surface area contributed by atoms with Crippen LogP contribution in [0.2, 0.25) is 0 Å². The molecule has 1 aromatic heterocycles. The van der Waals surface area contributed by atoms with Crippen LogP contribution in [0.5, 0.6) is 0 Å². The highest BCUT2D eigenvalue weighted by molar-refractivity contribution is 6.04. The van der Waals surface area contributed by atoms with Gasteiger partial charge in [-0.2, -0.15) is 0 Å². The lowest BCUT2D eigenvalue weighted by atomic mass is 10.0. The van der Waals surface area contributed by atoms with Gasteiger partial charge in [-0.1, -0.05) is 38.1 Å². The van der Waals surface area contributed by atoms with Gasteiger partial charge in [-0.05, 0) is 48.6 Å². The average molecular weight is 386 g/mol. The second kappa shape index (κ2) is 8.43. The minimum absolute atomic E-state index is 0.116. The molecule has 5 heteroatoms. The number of carbonyl (C=O) groups excluding carboxylic acids is 1. The highest BCUT2D eigenvalue weighted by atomic mass is 16.1. The van der Waals surface area contributed by atoms with Gasteiger partial charge in [0.2, 0.25) is 0 Å². The van der Waals surface area contributed by atoms with Crippen molar-refractivity contribution in [1.29, 1.82) is 0 Å². The zero-order valence-electron chi connectivity index (χ0n) is 16.9. The Bertz CT molecular complexity index is 975. The van der Waals surface area contributed by atoms with Crippen LogP contribution in [0.3, 0.4) is 0 Å². The van der Waals surface area contributed by atoms with E-state index in [-0.39, 0.29) is 5.91 Å². The van der Waals surface area contributed by atoms with Crippen LogP contribution < -0.4 is 10.2 Å². The van der Waals surface area contributed by atoms with E-state index < -0.39 is 0 Å². The minimum Gasteiger partial charge on any atom is -0.357 e. The Hall–Kier alpha value is -3.21. The third kappa shape index (κ3) is 4.45. The zero-order valence-corrected chi connectivity index (χ0v) is 16.9. The van der Waals surface area contributed by atoms with E-state index in [0.717, 1.165) is 35.9 Å². The lowest BCUT2D eigenvalue weighted by Gasteiger charge is -2.16. The summed E-state index contributed by atoms with van der Waals surface area (Å²) in [5.41, 5.74) is 4.53. The number of amides is 1. The maximum absolute atomic E-state index is 12.6. The van der Waals surface area contributed by atoms with Crippen LogP contribution in [0.25, 0.3) is 11.3 Å². The van der Waals surface area contributed by atoms with Crippen molar-refractivity contribution in [3.63, 3.8) is 0 Å². The van der Waals surface area contributed by atoms with E-state index in [9.17, 15) is 4.79 Å². The van der Waals surface area contributed by atoms with Gasteiger partial charge in [-0.3, -0.25) is 4.79 Å². The Morgan fingerprint density at radius 1 is 0.966 bits per heavy atom. The first-order valence-corrected chi connectivity index (χ1v) is 10.2. The molecule has 148 valence electrons. The van der Waals surface area contributed by atoms with E-state index in [4.69, 9.17) is 0 Å². The molecule has 4 rings (SSSR count). The zero-order chi connectivity index (χ0) is 20.2. The first-order valence-electron chi connectivity index (χ1n) is 10.2. The molecule has 1 saturated heterocycles. The van der Waals surface area contributed by atoms with Gasteiger partial charge in [0, 0.05) is 36.0 Å². The summed E-state index contributed by atoms with van der Waals surface area (Å²) in [6.07, 6.45) is 4.04. The number of hydrogen-bond acceptors (Lipinski definition) is 4. The maximum Gasteiger partial charge on any atom is 0.255 e. The predicted molar refractivity (Wildman–Crippen MR) is 117 cm³/mol. The molecule has 0 radical (unpaired) electrons. The van der Waals surface area contributed by atoms with Gasteiger partial charge in [0.25, 0.3) is 5.91 Å². The van der Waals surface area contributed by atoms with E-state index >= 15 is 0 Å². The van der Waals surface area contributed by atoms with Crippen molar-refractivity contribution in [2.75, 3.05) is 23.3 Å². The van der Waals surface area contributed by atoms with Crippen molar-refractivity contribution in [3.8, 4) is 11.3 Å². The average Bonchev–Trinajstić information content (AvgIpc) is 3.29. The molecule has 0 unspecified atom stereocenters. The lowest BCUT2D eigenvalue weighted by Crippen LogP contribution is -2.19. The molecular formula is C24H26N4O. The number of nitrogens with one attached hydrogen (secondary N) is 1. The molecule has 1 aliphatic rings. The quantitative estimate of drug-likeness (QED) is 0.661. The van der Waals surface area contributed by atoms with Gasteiger partial charge >= 0.3 is 0 Å². The number of nitrogens with zero attached hydrogens (tertiary/aromatic N) is 3. The summed E-state index contributed by atoms with van der Waals surface area (Å²) < 4.78 is 0. The Morgan fingerprint density at radius 2 is 1.66 bits per heavy atom. The van der Waals surface area contributed by atoms with Gasteiger partial charge in [-0.15, -0.1) is 0 Å². The van der Waals surface area contributed by atoms with Gasteiger partial charge in [0.05, 0.1) is 5.69 Å². The Balaban J connectivity index is 1.46. The molecular weight excluding hydrogens is 360 g/mol. The van der Waals surface area contributed by atoms with Crippen LogP contribution in [0.4, 0.5) is 11.5 Å². The van der Waals surface area contributed by atoms with Crippen molar-refractivity contribution in [1.82, 2.24) is 9.97 Å². The van der Waals surface area contributed by atoms with Crippen LogP contribution in [0, 0.1) is 0 Å². The van der Waals surface area contributed by atoms with E-state index in [0.29, 0.717) is 11.5 Å². The van der Waals surface area contributed by atoms with Gasteiger partial charge in [0.1, 0.15) is 12.1 Å². The number of rotatable bonds is 5. The van der Waals surface area contributed by atoms with Crippen LogP contribution in [-0.2, 0) is 0 Å². The number of carbonyl (C=O) groups is 1. The Morgan fingerprint density at radius 3 is 2.31 bits per heavy atom. The third-order valence-corrected chi connectivity index (χ3v) is 5.36. The fraction of sp³-hybridized carbons (Fsp3) is 0.292. The molecule has 0 atom stereocenters. The van der Waals surface area contributed by atoms with Crippen molar-refractivity contribution < 1.29 is 4.79 Å². The third-order valence-electron chi connectivity index (χ3n) is 5.36. The number of anilines is 2. The second-order valence-corrected chi connectivity index (χ2v) is 7.76. The van der Waals surface area contributed by atoms with Gasteiger partial charge < -0.3 is 10.2 Å². The molecule has 2 aromatic carbocycles. The molecule has 29 heavy (non-hydrogen) atoms. The summed E-state index contributed by atoms with van der Waals surface area (Å²) >= 11 is 0. The van der Waals surface area contributed by atoms with E-state index in [1.54, 1.807) is 6.33 Å².